The highest BCUT2D eigenvalue weighted by atomic mass is 16.5. The van der Waals surface area contributed by atoms with Gasteiger partial charge in [0, 0.05) is 18.3 Å². The van der Waals surface area contributed by atoms with Gasteiger partial charge in [0.2, 0.25) is 5.95 Å². The summed E-state index contributed by atoms with van der Waals surface area (Å²) in [7, 11) is 1.38. The molecule has 1 aromatic rings. The number of anilines is 2. The summed E-state index contributed by atoms with van der Waals surface area (Å²) in [5.41, 5.74) is 0.834. The summed E-state index contributed by atoms with van der Waals surface area (Å²) >= 11 is 0. The maximum Gasteiger partial charge on any atom is 0.328 e. The van der Waals surface area contributed by atoms with Crippen molar-refractivity contribution >= 4 is 17.7 Å². The Hall–Kier alpha value is -1.85. The molecule has 1 unspecified atom stereocenters. The highest BCUT2D eigenvalue weighted by molar-refractivity contribution is 5.79. The molecule has 0 aromatic carbocycles. The van der Waals surface area contributed by atoms with Crippen LogP contribution in [0.5, 0.6) is 0 Å². The molecule has 0 saturated heterocycles. The van der Waals surface area contributed by atoms with Crippen LogP contribution in [-0.2, 0) is 9.53 Å². The van der Waals surface area contributed by atoms with Gasteiger partial charge >= 0.3 is 5.97 Å². The zero-order chi connectivity index (χ0) is 14.4. The second kappa shape index (κ2) is 6.92. The highest BCUT2D eigenvalue weighted by Gasteiger charge is 2.23. The van der Waals surface area contributed by atoms with Crippen LogP contribution in [0.4, 0.5) is 11.8 Å². The third kappa shape index (κ3) is 4.39. The second-order valence-electron chi connectivity index (χ2n) is 4.64. The average Bonchev–Trinajstić information content (AvgIpc) is 2.34. The molecule has 1 rings (SSSR count). The molecule has 19 heavy (non-hydrogen) atoms. The van der Waals surface area contributed by atoms with Crippen molar-refractivity contribution < 1.29 is 9.53 Å². The van der Waals surface area contributed by atoms with Crippen LogP contribution in [0.2, 0.25) is 0 Å². The van der Waals surface area contributed by atoms with Crippen LogP contribution in [0.25, 0.3) is 0 Å². The molecule has 2 N–H and O–H groups in total. The summed E-state index contributed by atoms with van der Waals surface area (Å²) in [4.78, 5) is 20.3. The first-order chi connectivity index (χ1) is 8.97. The first kappa shape index (κ1) is 15.2. The van der Waals surface area contributed by atoms with Gasteiger partial charge in [0.25, 0.3) is 0 Å². The van der Waals surface area contributed by atoms with Crippen LogP contribution < -0.4 is 10.6 Å². The molecule has 0 bridgehead atoms. The third-order valence-corrected chi connectivity index (χ3v) is 2.61. The van der Waals surface area contributed by atoms with Crippen molar-refractivity contribution in [1.82, 2.24) is 9.97 Å². The van der Waals surface area contributed by atoms with E-state index < -0.39 is 6.04 Å². The predicted molar refractivity (Wildman–Crippen MR) is 75.2 cm³/mol. The Labute approximate surface area is 114 Å². The lowest BCUT2D eigenvalue weighted by Gasteiger charge is -2.20. The van der Waals surface area contributed by atoms with Gasteiger partial charge < -0.3 is 15.4 Å². The molecule has 0 radical (unpaired) electrons. The van der Waals surface area contributed by atoms with Crippen LogP contribution in [0.3, 0.4) is 0 Å². The van der Waals surface area contributed by atoms with Gasteiger partial charge in [-0.25, -0.2) is 9.78 Å². The van der Waals surface area contributed by atoms with Gasteiger partial charge in [-0.05, 0) is 19.8 Å². The van der Waals surface area contributed by atoms with Gasteiger partial charge in [-0.3, -0.25) is 0 Å². The number of hydrogen-bond acceptors (Lipinski definition) is 6. The second-order valence-corrected chi connectivity index (χ2v) is 4.64. The highest BCUT2D eigenvalue weighted by Crippen LogP contribution is 2.14. The topological polar surface area (TPSA) is 76.1 Å². The van der Waals surface area contributed by atoms with E-state index in [1.165, 1.54) is 7.11 Å². The minimum Gasteiger partial charge on any atom is -0.467 e. The summed E-state index contributed by atoms with van der Waals surface area (Å²) in [5, 5.41) is 6.16. The number of rotatable bonds is 6. The number of carbonyl (C=O) groups excluding carboxylic acids is 1. The Morgan fingerprint density at radius 2 is 2.11 bits per heavy atom. The van der Waals surface area contributed by atoms with Gasteiger partial charge in [-0.2, -0.15) is 4.98 Å². The van der Waals surface area contributed by atoms with Crippen LogP contribution >= 0.6 is 0 Å². The minimum atomic E-state index is -0.422. The summed E-state index contributed by atoms with van der Waals surface area (Å²) in [6.07, 6.45) is 0. The van der Waals surface area contributed by atoms with E-state index in [0.717, 1.165) is 12.2 Å². The Morgan fingerprint density at radius 3 is 2.63 bits per heavy atom. The number of esters is 1. The molecule has 0 saturated carbocycles. The van der Waals surface area contributed by atoms with Crippen molar-refractivity contribution in [3.63, 3.8) is 0 Å². The standard InChI is InChI=1S/C13H22N4O2/c1-6-14-13-15-9(4)7-10(17-13)16-11(8(2)3)12(18)19-5/h7-8,11H,6H2,1-5H3,(H2,14,15,16,17). The molecule has 0 amide bonds. The fraction of sp³-hybridized carbons (Fsp3) is 0.615. The van der Waals surface area contributed by atoms with E-state index in [1.807, 2.05) is 27.7 Å². The molecule has 0 aliphatic carbocycles. The SMILES string of the molecule is CCNc1nc(C)cc(NC(C(=O)OC)C(C)C)n1. The van der Waals surface area contributed by atoms with Gasteiger partial charge in [0.1, 0.15) is 11.9 Å². The zero-order valence-electron chi connectivity index (χ0n) is 12.2. The van der Waals surface area contributed by atoms with Gasteiger partial charge in [0.15, 0.2) is 0 Å². The number of aromatic nitrogens is 2. The quantitative estimate of drug-likeness (QED) is 0.765. The summed E-state index contributed by atoms with van der Waals surface area (Å²) in [5.74, 6) is 0.978. The lowest BCUT2D eigenvalue weighted by atomic mass is 10.0. The minimum absolute atomic E-state index is 0.102. The molecule has 106 valence electrons. The van der Waals surface area contributed by atoms with E-state index in [-0.39, 0.29) is 11.9 Å². The zero-order valence-corrected chi connectivity index (χ0v) is 12.2. The largest absolute Gasteiger partial charge is 0.467 e. The van der Waals surface area contributed by atoms with E-state index in [4.69, 9.17) is 4.74 Å². The van der Waals surface area contributed by atoms with E-state index in [2.05, 4.69) is 20.6 Å². The predicted octanol–water partition coefficient (Wildman–Crippen LogP) is 1.83. The van der Waals surface area contributed by atoms with Crippen LogP contribution in [0.15, 0.2) is 6.07 Å². The average molecular weight is 266 g/mol. The number of aryl methyl sites for hydroxylation is 1. The monoisotopic (exact) mass is 266 g/mol. The molecule has 6 heteroatoms. The molecule has 0 aliphatic rings. The smallest absolute Gasteiger partial charge is 0.328 e. The maximum atomic E-state index is 11.7. The van der Waals surface area contributed by atoms with Crippen molar-refractivity contribution in [1.29, 1.82) is 0 Å². The molecule has 0 spiro atoms. The van der Waals surface area contributed by atoms with Crippen LogP contribution in [0, 0.1) is 12.8 Å². The van der Waals surface area contributed by atoms with Gasteiger partial charge in [-0.1, -0.05) is 13.8 Å². The normalized spacial score (nSPS) is 12.1. The Bertz CT molecular complexity index is 435. The Balaban J connectivity index is 2.92. The van der Waals surface area contributed by atoms with Crippen molar-refractivity contribution in [2.75, 3.05) is 24.3 Å². The number of nitrogens with zero attached hydrogens (tertiary/aromatic N) is 2. The molecule has 0 aliphatic heterocycles. The van der Waals surface area contributed by atoms with Crippen molar-refractivity contribution in [3.05, 3.63) is 11.8 Å². The van der Waals surface area contributed by atoms with Crippen LogP contribution in [-0.4, -0.2) is 35.6 Å². The number of ether oxygens (including phenoxy) is 1. The van der Waals surface area contributed by atoms with E-state index >= 15 is 0 Å². The van der Waals surface area contributed by atoms with E-state index in [0.29, 0.717) is 11.8 Å². The van der Waals surface area contributed by atoms with E-state index in [1.54, 1.807) is 6.07 Å². The van der Waals surface area contributed by atoms with Crippen molar-refractivity contribution in [2.45, 2.75) is 33.7 Å². The number of methoxy groups -OCH3 is 1. The Kier molecular flexibility index (Phi) is 5.54. The van der Waals surface area contributed by atoms with Gasteiger partial charge in [-0.15, -0.1) is 0 Å². The van der Waals surface area contributed by atoms with Gasteiger partial charge in [0.05, 0.1) is 7.11 Å². The molecule has 1 aromatic heterocycles. The summed E-state index contributed by atoms with van der Waals surface area (Å²) in [6.45, 7) is 8.51. The fourth-order valence-electron chi connectivity index (χ4n) is 1.66. The van der Waals surface area contributed by atoms with E-state index in [9.17, 15) is 4.79 Å². The number of carbonyl (C=O) groups is 1. The molecule has 1 heterocycles. The van der Waals surface area contributed by atoms with Crippen LogP contribution in [0.1, 0.15) is 26.5 Å². The molecule has 0 fully saturated rings. The first-order valence-electron chi connectivity index (χ1n) is 6.41. The maximum absolute atomic E-state index is 11.7. The number of nitrogens with one attached hydrogen (secondary N) is 2. The fourth-order valence-corrected chi connectivity index (χ4v) is 1.66. The number of hydrogen-bond donors (Lipinski definition) is 2. The third-order valence-electron chi connectivity index (χ3n) is 2.61. The lowest BCUT2D eigenvalue weighted by Crippen LogP contribution is -2.35. The molecular formula is C13H22N4O2. The first-order valence-corrected chi connectivity index (χ1v) is 6.41. The lowest BCUT2D eigenvalue weighted by molar-refractivity contribution is -0.142. The van der Waals surface area contributed by atoms with Crippen molar-refractivity contribution in [3.8, 4) is 0 Å². The Morgan fingerprint density at radius 1 is 1.42 bits per heavy atom. The summed E-state index contributed by atoms with van der Waals surface area (Å²) < 4.78 is 4.79. The molecular weight excluding hydrogens is 244 g/mol. The summed E-state index contributed by atoms with van der Waals surface area (Å²) in [6, 6.07) is 1.38. The molecule has 6 nitrogen and oxygen atoms in total. The molecule has 1 atom stereocenters. The van der Waals surface area contributed by atoms with Crippen molar-refractivity contribution in [2.24, 2.45) is 5.92 Å².